The molecule has 1 aliphatic carbocycles. The third-order valence-electron chi connectivity index (χ3n) is 3.14. The number of carbonyl (C=O) groups excluding carboxylic acids is 1. The van der Waals surface area contributed by atoms with Gasteiger partial charge in [0.2, 0.25) is 5.91 Å². The number of aromatic nitrogens is 2. The van der Waals surface area contributed by atoms with Crippen LogP contribution in [-0.2, 0) is 16.1 Å². The maximum absolute atomic E-state index is 12.0. The normalized spacial score (nSPS) is 17.6. The number of nitrogens with two attached hydrogens (primary N) is 1. The molecule has 1 aliphatic rings. The standard InChI is InChI=1S/C11H16N4O3/c12-11(3-1-2-4-11)10(18)14-8-5-13-15(6-8)7-9(16)17/h5-6H,1-4,7,12H2,(H,14,18)(H,16,17). The summed E-state index contributed by atoms with van der Waals surface area (Å²) in [7, 11) is 0. The second-order valence-corrected chi connectivity index (χ2v) is 4.64. The van der Waals surface area contributed by atoms with Crippen LogP contribution in [0.15, 0.2) is 12.4 Å². The zero-order valence-corrected chi connectivity index (χ0v) is 9.93. The molecule has 0 atom stereocenters. The van der Waals surface area contributed by atoms with E-state index in [0.717, 1.165) is 12.8 Å². The van der Waals surface area contributed by atoms with Crippen LogP contribution >= 0.6 is 0 Å². The molecule has 0 unspecified atom stereocenters. The van der Waals surface area contributed by atoms with Crippen molar-refractivity contribution in [3.8, 4) is 0 Å². The number of amides is 1. The highest BCUT2D eigenvalue weighted by Gasteiger charge is 2.37. The third-order valence-corrected chi connectivity index (χ3v) is 3.14. The van der Waals surface area contributed by atoms with Crippen molar-refractivity contribution in [2.45, 2.75) is 37.8 Å². The highest BCUT2D eigenvalue weighted by Crippen LogP contribution is 2.28. The number of rotatable bonds is 4. The van der Waals surface area contributed by atoms with Gasteiger partial charge in [-0.15, -0.1) is 0 Å². The first-order chi connectivity index (χ1) is 8.49. The van der Waals surface area contributed by atoms with Crippen molar-refractivity contribution in [1.29, 1.82) is 0 Å². The first kappa shape index (κ1) is 12.6. The van der Waals surface area contributed by atoms with E-state index in [1.807, 2.05) is 0 Å². The summed E-state index contributed by atoms with van der Waals surface area (Å²) in [4.78, 5) is 22.5. The molecule has 4 N–H and O–H groups in total. The summed E-state index contributed by atoms with van der Waals surface area (Å²) in [6.45, 7) is -0.233. The topological polar surface area (TPSA) is 110 Å². The van der Waals surface area contributed by atoms with Gasteiger partial charge >= 0.3 is 5.97 Å². The molecule has 0 saturated heterocycles. The van der Waals surface area contributed by atoms with Crippen molar-refractivity contribution in [3.63, 3.8) is 0 Å². The SMILES string of the molecule is NC1(C(=O)Nc2cnn(CC(=O)O)c2)CCCC1. The molecule has 2 rings (SSSR count). The fourth-order valence-corrected chi connectivity index (χ4v) is 2.14. The highest BCUT2D eigenvalue weighted by molar-refractivity contribution is 5.97. The Morgan fingerprint density at radius 2 is 2.17 bits per heavy atom. The summed E-state index contributed by atoms with van der Waals surface area (Å²) >= 11 is 0. The van der Waals surface area contributed by atoms with Gasteiger partial charge in [-0.2, -0.15) is 5.10 Å². The molecule has 0 bridgehead atoms. The lowest BCUT2D eigenvalue weighted by Gasteiger charge is -2.21. The Hall–Kier alpha value is -1.89. The molecule has 7 heteroatoms. The number of anilines is 1. The average molecular weight is 252 g/mol. The Labute approximate surface area is 104 Å². The Balaban J connectivity index is 1.99. The minimum Gasteiger partial charge on any atom is -0.480 e. The summed E-state index contributed by atoms with van der Waals surface area (Å²) in [6, 6.07) is 0. The van der Waals surface area contributed by atoms with Crippen LogP contribution in [-0.4, -0.2) is 32.3 Å². The zero-order valence-electron chi connectivity index (χ0n) is 9.93. The molecule has 1 fully saturated rings. The third kappa shape index (κ3) is 2.67. The van der Waals surface area contributed by atoms with E-state index in [4.69, 9.17) is 10.8 Å². The summed E-state index contributed by atoms with van der Waals surface area (Å²) in [6.07, 6.45) is 6.18. The Kier molecular flexibility index (Phi) is 3.33. The van der Waals surface area contributed by atoms with Crippen LogP contribution < -0.4 is 11.1 Å². The van der Waals surface area contributed by atoms with Gasteiger partial charge in [0, 0.05) is 6.20 Å². The van der Waals surface area contributed by atoms with Crippen LogP contribution in [0.2, 0.25) is 0 Å². The zero-order chi connectivity index (χ0) is 13.2. The van der Waals surface area contributed by atoms with E-state index >= 15 is 0 Å². The molecule has 7 nitrogen and oxygen atoms in total. The predicted molar refractivity (Wildman–Crippen MR) is 63.9 cm³/mol. The predicted octanol–water partition coefficient (Wildman–Crippen LogP) is 0.178. The molecule has 1 saturated carbocycles. The van der Waals surface area contributed by atoms with Crippen LogP contribution in [0.1, 0.15) is 25.7 Å². The van der Waals surface area contributed by atoms with E-state index in [-0.39, 0.29) is 12.5 Å². The number of nitrogens with one attached hydrogen (secondary N) is 1. The summed E-state index contributed by atoms with van der Waals surface area (Å²) < 4.78 is 1.25. The van der Waals surface area contributed by atoms with Gasteiger partial charge < -0.3 is 16.2 Å². The van der Waals surface area contributed by atoms with E-state index < -0.39 is 11.5 Å². The minimum atomic E-state index is -0.984. The monoisotopic (exact) mass is 252 g/mol. The largest absolute Gasteiger partial charge is 0.480 e. The molecule has 0 spiro atoms. The van der Waals surface area contributed by atoms with E-state index in [9.17, 15) is 9.59 Å². The van der Waals surface area contributed by atoms with Crippen LogP contribution in [0.5, 0.6) is 0 Å². The van der Waals surface area contributed by atoms with Gasteiger partial charge in [-0.05, 0) is 12.8 Å². The quantitative estimate of drug-likeness (QED) is 0.707. The molecule has 98 valence electrons. The molecule has 1 aromatic rings. The Bertz CT molecular complexity index is 463. The lowest BCUT2D eigenvalue weighted by molar-refractivity contribution is -0.137. The number of carboxylic acids is 1. The molecule has 0 aromatic carbocycles. The molecule has 1 heterocycles. The van der Waals surface area contributed by atoms with Crippen LogP contribution in [0, 0.1) is 0 Å². The fraction of sp³-hybridized carbons (Fsp3) is 0.545. The Morgan fingerprint density at radius 3 is 2.78 bits per heavy atom. The summed E-state index contributed by atoms with van der Waals surface area (Å²) in [5.41, 5.74) is 5.68. The second kappa shape index (κ2) is 4.77. The maximum atomic E-state index is 12.0. The van der Waals surface area contributed by atoms with E-state index in [1.54, 1.807) is 0 Å². The molecule has 1 amide bonds. The number of carbonyl (C=O) groups is 2. The number of nitrogens with zero attached hydrogens (tertiary/aromatic N) is 2. The van der Waals surface area contributed by atoms with Gasteiger partial charge in [0.25, 0.3) is 0 Å². The lowest BCUT2D eigenvalue weighted by atomic mass is 9.98. The number of hydrogen-bond acceptors (Lipinski definition) is 4. The van der Waals surface area contributed by atoms with Crippen LogP contribution in [0.4, 0.5) is 5.69 Å². The van der Waals surface area contributed by atoms with E-state index in [1.165, 1.54) is 17.1 Å². The van der Waals surface area contributed by atoms with Crippen molar-refractivity contribution in [1.82, 2.24) is 9.78 Å². The number of hydrogen-bond donors (Lipinski definition) is 3. The van der Waals surface area contributed by atoms with Crippen molar-refractivity contribution in [2.24, 2.45) is 5.73 Å². The smallest absolute Gasteiger partial charge is 0.325 e. The van der Waals surface area contributed by atoms with E-state index in [0.29, 0.717) is 18.5 Å². The van der Waals surface area contributed by atoms with Crippen molar-refractivity contribution in [3.05, 3.63) is 12.4 Å². The maximum Gasteiger partial charge on any atom is 0.325 e. The molecule has 0 aliphatic heterocycles. The first-order valence-electron chi connectivity index (χ1n) is 5.84. The summed E-state index contributed by atoms with van der Waals surface area (Å²) in [5.74, 6) is -1.21. The molecular weight excluding hydrogens is 236 g/mol. The van der Waals surface area contributed by atoms with Gasteiger partial charge in [0.15, 0.2) is 0 Å². The second-order valence-electron chi connectivity index (χ2n) is 4.64. The van der Waals surface area contributed by atoms with Gasteiger partial charge in [-0.1, -0.05) is 12.8 Å². The lowest BCUT2D eigenvalue weighted by Crippen LogP contribution is -2.48. The van der Waals surface area contributed by atoms with Crippen LogP contribution in [0.3, 0.4) is 0 Å². The molecule has 1 aromatic heterocycles. The van der Waals surface area contributed by atoms with Gasteiger partial charge in [0.05, 0.1) is 17.4 Å². The fourth-order valence-electron chi connectivity index (χ4n) is 2.14. The van der Waals surface area contributed by atoms with Crippen molar-refractivity contribution < 1.29 is 14.7 Å². The van der Waals surface area contributed by atoms with Crippen molar-refractivity contribution in [2.75, 3.05) is 5.32 Å². The van der Waals surface area contributed by atoms with E-state index in [2.05, 4.69) is 10.4 Å². The number of carboxylic acid groups (broad SMARTS) is 1. The molecule has 18 heavy (non-hydrogen) atoms. The molecule has 0 radical (unpaired) electrons. The van der Waals surface area contributed by atoms with Gasteiger partial charge in [-0.3, -0.25) is 14.3 Å². The van der Waals surface area contributed by atoms with Gasteiger partial charge in [0.1, 0.15) is 6.54 Å². The average Bonchev–Trinajstić information content (AvgIpc) is 2.88. The molecular formula is C11H16N4O3. The highest BCUT2D eigenvalue weighted by atomic mass is 16.4. The van der Waals surface area contributed by atoms with Gasteiger partial charge in [-0.25, -0.2) is 0 Å². The summed E-state index contributed by atoms with van der Waals surface area (Å²) in [5, 5.41) is 15.1. The first-order valence-corrected chi connectivity index (χ1v) is 5.84. The van der Waals surface area contributed by atoms with Crippen molar-refractivity contribution >= 4 is 17.6 Å². The van der Waals surface area contributed by atoms with Crippen LogP contribution in [0.25, 0.3) is 0 Å². The number of aliphatic carboxylic acids is 1. The Morgan fingerprint density at radius 1 is 1.50 bits per heavy atom. The minimum absolute atomic E-state index is 0.227.